The standard InChI is InChI=1S/C22H24N2O4/c1-14(2)28-21(26)13-19(15-6-4-3-5-7-15)24-22(27)17-8-10-18-16(12-17)9-11-20(25)23-18/h3-8,10,12,14,19H,9,11,13H2,1-2H3,(H,23,25)(H,24,27). The fourth-order valence-electron chi connectivity index (χ4n) is 3.18. The Labute approximate surface area is 164 Å². The molecule has 1 unspecified atom stereocenters. The Hall–Kier alpha value is -3.15. The first-order valence-electron chi connectivity index (χ1n) is 9.40. The fourth-order valence-corrected chi connectivity index (χ4v) is 3.18. The van der Waals surface area contributed by atoms with Crippen molar-refractivity contribution in [2.75, 3.05) is 5.32 Å². The van der Waals surface area contributed by atoms with Crippen molar-refractivity contribution in [2.24, 2.45) is 0 Å². The van der Waals surface area contributed by atoms with Crippen molar-refractivity contribution in [1.29, 1.82) is 0 Å². The van der Waals surface area contributed by atoms with Gasteiger partial charge in [0.1, 0.15) is 0 Å². The molecule has 28 heavy (non-hydrogen) atoms. The number of carbonyl (C=O) groups is 3. The van der Waals surface area contributed by atoms with Gasteiger partial charge in [0.15, 0.2) is 0 Å². The molecule has 0 radical (unpaired) electrons. The van der Waals surface area contributed by atoms with Crippen LogP contribution in [0.5, 0.6) is 0 Å². The molecule has 0 aromatic heterocycles. The predicted octanol–water partition coefficient (Wildman–Crippen LogP) is 3.38. The Kier molecular flexibility index (Phi) is 6.09. The average molecular weight is 380 g/mol. The van der Waals surface area contributed by atoms with Crippen LogP contribution in [-0.4, -0.2) is 23.9 Å². The topological polar surface area (TPSA) is 84.5 Å². The van der Waals surface area contributed by atoms with Crippen LogP contribution in [0.25, 0.3) is 0 Å². The van der Waals surface area contributed by atoms with Gasteiger partial charge in [-0.2, -0.15) is 0 Å². The molecule has 1 heterocycles. The van der Waals surface area contributed by atoms with E-state index in [0.29, 0.717) is 18.4 Å². The zero-order valence-electron chi connectivity index (χ0n) is 16.0. The van der Waals surface area contributed by atoms with Crippen LogP contribution < -0.4 is 10.6 Å². The second kappa shape index (κ2) is 8.69. The van der Waals surface area contributed by atoms with E-state index in [1.165, 1.54) is 0 Å². The molecule has 1 aliphatic heterocycles. The normalized spacial score (nSPS) is 14.0. The SMILES string of the molecule is CC(C)OC(=O)CC(NC(=O)c1ccc2c(c1)CCC(=O)N2)c1ccccc1. The van der Waals surface area contributed by atoms with Gasteiger partial charge in [-0.05, 0) is 49.6 Å². The van der Waals surface area contributed by atoms with E-state index in [1.54, 1.807) is 32.0 Å². The van der Waals surface area contributed by atoms with Crippen LogP contribution in [0.2, 0.25) is 0 Å². The number of ether oxygens (including phenoxy) is 1. The van der Waals surface area contributed by atoms with E-state index < -0.39 is 6.04 Å². The highest BCUT2D eigenvalue weighted by Crippen LogP contribution is 2.24. The summed E-state index contributed by atoms with van der Waals surface area (Å²) in [6.07, 6.45) is 0.849. The molecule has 0 aliphatic carbocycles. The molecule has 0 bridgehead atoms. The van der Waals surface area contributed by atoms with E-state index in [0.717, 1.165) is 16.8 Å². The van der Waals surface area contributed by atoms with Crippen molar-refractivity contribution in [3.8, 4) is 0 Å². The second-order valence-electron chi connectivity index (χ2n) is 7.10. The number of aryl methyl sites for hydroxylation is 1. The van der Waals surface area contributed by atoms with Gasteiger partial charge in [-0.3, -0.25) is 14.4 Å². The molecule has 2 amide bonds. The number of benzene rings is 2. The van der Waals surface area contributed by atoms with Gasteiger partial charge in [0, 0.05) is 17.7 Å². The van der Waals surface area contributed by atoms with Crippen LogP contribution in [-0.2, 0) is 20.7 Å². The summed E-state index contributed by atoms with van der Waals surface area (Å²) in [5, 5.41) is 5.75. The smallest absolute Gasteiger partial charge is 0.308 e. The molecule has 1 atom stereocenters. The molecule has 3 rings (SSSR count). The summed E-state index contributed by atoms with van der Waals surface area (Å²) in [5.41, 5.74) is 3.01. The molecule has 2 aromatic carbocycles. The van der Waals surface area contributed by atoms with Crippen molar-refractivity contribution >= 4 is 23.5 Å². The molecule has 0 saturated carbocycles. The number of hydrogen-bond donors (Lipinski definition) is 2. The third-order valence-electron chi connectivity index (χ3n) is 4.51. The lowest BCUT2D eigenvalue weighted by molar-refractivity contribution is -0.148. The minimum atomic E-state index is -0.490. The second-order valence-corrected chi connectivity index (χ2v) is 7.10. The number of fused-ring (bicyclic) bond motifs is 1. The van der Waals surface area contributed by atoms with Crippen LogP contribution in [0.3, 0.4) is 0 Å². The maximum Gasteiger partial charge on any atom is 0.308 e. The van der Waals surface area contributed by atoms with Crippen LogP contribution in [0.4, 0.5) is 5.69 Å². The van der Waals surface area contributed by atoms with Crippen LogP contribution >= 0.6 is 0 Å². The number of hydrogen-bond acceptors (Lipinski definition) is 4. The molecule has 0 saturated heterocycles. The summed E-state index contributed by atoms with van der Waals surface area (Å²) in [6.45, 7) is 3.58. The third-order valence-corrected chi connectivity index (χ3v) is 4.51. The number of amides is 2. The average Bonchev–Trinajstić information content (AvgIpc) is 2.67. The Balaban J connectivity index is 1.77. The Morgan fingerprint density at radius 1 is 1.11 bits per heavy atom. The molecule has 146 valence electrons. The van der Waals surface area contributed by atoms with Gasteiger partial charge in [-0.1, -0.05) is 30.3 Å². The largest absolute Gasteiger partial charge is 0.463 e. The van der Waals surface area contributed by atoms with Crippen molar-refractivity contribution in [3.63, 3.8) is 0 Å². The first kappa shape index (κ1) is 19.6. The lowest BCUT2D eigenvalue weighted by Crippen LogP contribution is -2.31. The monoisotopic (exact) mass is 380 g/mol. The van der Waals surface area contributed by atoms with Gasteiger partial charge in [-0.15, -0.1) is 0 Å². The van der Waals surface area contributed by atoms with E-state index >= 15 is 0 Å². The molecule has 6 heteroatoms. The summed E-state index contributed by atoms with van der Waals surface area (Å²) >= 11 is 0. The molecule has 1 aliphatic rings. The first-order chi connectivity index (χ1) is 13.4. The molecule has 2 aromatic rings. The lowest BCUT2D eigenvalue weighted by Gasteiger charge is -2.21. The molecule has 2 N–H and O–H groups in total. The highest BCUT2D eigenvalue weighted by molar-refractivity contribution is 5.98. The number of anilines is 1. The molecule has 6 nitrogen and oxygen atoms in total. The van der Waals surface area contributed by atoms with E-state index in [4.69, 9.17) is 4.74 Å². The molecular formula is C22H24N2O4. The van der Waals surface area contributed by atoms with E-state index in [1.807, 2.05) is 30.3 Å². The first-order valence-corrected chi connectivity index (χ1v) is 9.40. The Morgan fingerprint density at radius 2 is 1.86 bits per heavy atom. The summed E-state index contributed by atoms with van der Waals surface area (Å²) in [4.78, 5) is 36.5. The van der Waals surface area contributed by atoms with E-state index in [-0.39, 0.29) is 30.3 Å². The van der Waals surface area contributed by atoms with Gasteiger partial charge < -0.3 is 15.4 Å². The van der Waals surface area contributed by atoms with Crippen LogP contribution in [0, 0.1) is 0 Å². The summed E-state index contributed by atoms with van der Waals surface area (Å²) in [6, 6.07) is 14.1. The highest BCUT2D eigenvalue weighted by atomic mass is 16.5. The van der Waals surface area contributed by atoms with Crippen molar-refractivity contribution in [3.05, 3.63) is 65.2 Å². The Bertz CT molecular complexity index is 877. The molecular weight excluding hydrogens is 356 g/mol. The lowest BCUT2D eigenvalue weighted by atomic mass is 9.99. The van der Waals surface area contributed by atoms with Crippen molar-refractivity contribution < 1.29 is 19.1 Å². The highest BCUT2D eigenvalue weighted by Gasteiger charge is 2.22. The van der Waals surface area contributed by atoms with Crippen molar-refractivity contribution in [1.82, 2.24) is 5.32 Å². The van der Waals surface area contributed by atoms with Gasteiger partial charge in [0.25, 0.3) is 5.91 Å². The van der Waals surface area contributed by atoms with Crippen molar-refractivity contribution in [2.45, 2.75) is 45.3 Å². The number of rotatable bonds is 6. The third kappa shape index (κ3) is 4.97. The molecule has 0 fully saturated rings. The molecule has 0 spiro atoms. The van der Waals surface area contributed by atoms with Crippen LogP contribution in [0.15, 0.2) is 48.5 Å². The maximum absolute atomic E-state index is 12.8. The van der Waals surface area contributed by atoms with Gasteiger partial charge >= 0.3 is 5.97 Å². The summed E-state index contributed by atoms with van der Waals surface area (Å²) < 4.78 is 5.24. The van der Waals surface area contributed by atoms with Gasteiger partial charge in [0.2, 0.25) is 5.91 Å². The summed E-state index contributed by atoms with van der Waals surface area (Å²) in [5.74, 6) is -0.652. The predicted molar refractivity (Wildman–Crippen MR) is 106 cm³/mol. The summed E-state index contributed by atoms with van der Waals surface area (Å²) in [7, 11) is 0. The van der Waals surface area contributed by atoms with Gasteiger partial charge in [0.05, 0.1) is 18.6 Å². The van der Waals surface area contributed by atoms with E-state index in [9.17, 15) is 14.4 Å². The minimum Gasteiger partial charge on any atom is -0.463 e. The number of esters is 1. The minimum absolute atomic E-state index is 0.0162. The number of carbonyl (C=O) groups excluding carboxylic acids is 3. The van der Waals surface area contributed by atoms with Gasteiger partial charge in [-0.25, -0.2) is 0 Å². The quantitative estimate of drug-likeness (QED) is 0.753. The zero-order valence-corrected chi connectivity index (χ0v) is 16.0. The maximum atomic E-state index is 12.8. The fraction of sp³-hybridized carbons (Fsp3) is 0.318. The Morgan fingerprint density at radius 3 is 2.57 bits per heavy atom. The van der Waals surface area contributed by atoms with E-state index in [2.05, 4.69) is 10.6 Å². The number of nitrogens with one attached hydrogen (secondary N) is 2. The zero-order chi connectivity index (χ0) is 20.1. The van der Waals surface area contributed by atoms with Crippen LogP contribution in [0.1, 0.15) is 54.2 Å².